The third-order valence-electron chi connectivity index (χ3n) is 6.07. The van der Waals surface area contributed by atoms with Gasteiger partial charge in [0.05, 0.1) is 16.4 Å². The lowest BCUT2D eigenvalue weighted by atomic mass is 9.94. The minimum absolute atomic E-state index is 0. The van der Waals surface area contributed by atoms with E-state index in [0.717, 1.165) is 43.6 Å². The summed E-state index contributed by atoms with van der Waals surface area (Å²) < 4.78 is 23.0. The van der Waals surface area contributed by atoms with E-state index in [1.54, 1.807) is 12.1 Å². The maximum atomic E-state index is 13.3. The maximum Gasteiger partial charge on any atom is 0.238 e. The lowest BCUT2D eigenvalue weighted by Crippen LogP contribution is -2.41. The van der Waals surface area contributed by atoms with Crippen LogP contribution < -0.4 is 10.5 Å². The summed E-state index contributed by atoms with van der Waals surface area (Å²) in [5.74, 6) is 0.00825. The normalized spacial score (nSPS) is 19.0. The summed E-state index contributed by atoms with van der Waals surface area (Å²) in [6, 6.07) is 16.4. The Hall–Kier alpha value is -1.87. The van der Waals surface area contributed by atoms with Gasteiger partial charge in [0.1, 0.15) is 0 Å². The van der Waals surface area contributed by atoms with Gasteiger partial charge in [-0.05, 0) is 62.0 Å². The number of hydrogen-bond donors (Lipinski definition) is 2. The summed E-state index contributed by atoms with van der Waals surface area (Å²) >= 11 is 0. The molecule has 1 heterocycles. The second-order valence-corrected chi connectivity index (χ2v) is 9.66. The third kappa shape index (κ3) is 4.88. The topological polar surface area (TPSA) is 92.5 Å². The van der Waals surface area contributed by atoms with Crippen LogP contribution in [0.15, 0.2) is 59.5 Å². The Morgan fingerprint density at radius 2 is 1.63 bits per heavy atom. The van der Waals surface area contributed by atoms with Crippen LogP contribution >= 0.6 is 13.5 Å². The van der Waals surface area contributed by atoms with Gasteiger partial charge < -0.3 is 10.2 Å². The second kappa shape index (κ2) is 9.09. The number of rotatable bonds is 7. The van der Waals surface area contributed by atoms with Gasteiger partial charge in [0.15, 0.2) is 0 Å². The van der Waals surface area contributed by atoms with Crippen molar-refractivity contribution in [1.82, 2.24) is 10.2 Å². The molecule has 2 aromatic carbocycles. The number of sulfonamides is 1. The van der Waals surface area contributed by atoms with Crippen molar-refractivity contribution >= 4 is 29.4 Å². The first-order valence-electron chi connectivity index (χ1n) is 10.1. The van der Waals surface area contributed by atoms with Crippen molar-refractivity contribution < 1.29 is 13.2 Å². The molecule has 0 spiro atoms. The van der Waals surface area contributed by atoms with E-state index in [9.17, 15) is 13.2 Å². The molecule has 2 fully saturated rings. The van der Waals surface area contributed by atoms with Gasteiger partial charge in [0.25, 0.3) is 0 Å². The van der Waals surface area contributed by atoms with Crippen LogP contribution in [0.2, 0.25) is 0 Å². The smallest absolute Gasteiger partial charge is 0.238 e. The Morgan fingerprint density at radius 3 is 2.17 bits per heavy atom. The molecule has 0 unspecified atom stereocenters. The Balaban J connectivity index is 0.00000256. The van der Waals surface area contributed by atoms with Crippen molar-refractivity contribution in [2.45, 2.75) is 42.0 Å². The Labute approximate surface area is 185 Å². The van der Waals surface area contributed by atoms with Crippen molar-refractivity contribution in [1.29, 1.82) is 0 Å². The Bertz CT molecular complexity index is 968. The van der Waals surface area contributed by atoms with Crippen molar-refractivity contribution in [2.75, 3.05) is 19.6 Å². The summed E-state index contributed by atoms with van der Waals surface area (Å²) in [6.07, 6.45) is 3.93. The highest BCUT2D eigenvalue weighted by Gasteiger charge is 2.51. The Morgan fingerprint density at radius 1 is 1.03 bits per heavy atom. The molecule has 1 aliphatic heterocycles. The van der Waals surface area contributed by atoms with Gasteiger partial charge in [-0.3, -0.25) is 4.79 Å². The van der Waals surface area contributed by atoms with Crippen molar-refractivity contribution in [2.24, 2.45) is 5.14 Å². The van der Waals surface area contributed by atoms with Gasteiger partial charge in [0.2, 0.25) is 15.9 Å². The molecule has 162 valence electrons. The number of carbonyl (C=O) groups excluding carboxylic acids is 1. The van der Waals surface area contributed by atoms with Crippen LogP contribution in [0.5, 0.6) is 0 Å². The first kappa shape index (κ1) is 22.8. The van der Waals surface area contributed by atoms with Gasteiger partial charge >= 0.3 is 0 Å². The van der Waals surface area contributed by atoms with E-state index in [0.29, 0.717) is 0 Å². The number of amides is 1. The van der Waals surface area contributed by atoms with E-state index in [1.807, 2.05) is 18.2 Å². The van der Waals surface area contributed by atoms with Gasteiger partial charge in [-0.2, -0.15) is 13.5 Å². The average Bonchev–Trinajstić information content (AvgIpc) is 3.38. The first-order valence-corrected chi connectivity index (χ1v) is 11.6. The van der Waals surface area contributed by atoms with Crippen LogP contribution in [0, 0.1) is 0 Å². The fraction of sp³-hybridized carbons (Fsp3) is 0.409. The highest BCUT2D eigenvalue weighted by atomic mass is 32.2. The van der Waals surface area contributed by atoms with E-state index in [-0.39, 0.29) is 30.3 Å². The largest absolute Gasteiger partial charge is 0.347 e. The summed E-state index contributed by atoms with van der Waals surface area (Å²) in [4.78, 5) is 15.8. The summed E-state index contributed by atoms with van der Waals surface area (Å²) in [5, 5.41) is 8.47. The second-order valence-electron chi connectivity index (χ2n) is 8.10. The van der Waals surface area contributed by atoms with Crippen LogP contribution in [-0.2, 0) is 20.2 Å². The zero-order valence-electron chi connectivity index (χ0n) is 16.9. The fourth-order valence-electron chi connectivity index (χ4n) is 4.18. The molecule has 1 saturated carbocycles. The molecule has 1 amide bonds. The molecule has 1 atom stereocenters. The minimum atomic E-state index is -3.74. The van der Waals surface area contributed by atoms with Gasteiger partial charge in [-0.25, -0.2) is 13.6 Å². The average molecular weight is 448 g/mol. The molecule has 8 heteroatoms. The molecule has 0 radical (unpaired) electrons. The number of nitrogens with one attached hydrogen (secondary N) is 1. The first-order chi connectivity index (χ1) is 13.9. The number of benzene rings is 2. The molecule has 2 aromatic rings. The monoisotopic (exact) mass is 447 g/mol. The fourth-order valence-corrected chi connectivity index (χ4v) is 4.69. The molecule has 0 bridgehead atoms. The van der Waals surface area contributed by atoms with E-state index in [2.05, 4.69) is 22.3 Å². The number of primary sulfonamides is 1. The summed E-state index contributed by atoms with van der Waals surface area (Å²) in [5.41, 5.74) is 1.37. The van der Waals surface area contributed by atoms with Crippen LogP contribution in [0.1, 0.15) is 42.9 Å². The molecule has 0 aromatic heterocycles. The molecule has 2 aliphatic rings. The molecule has 30 heavy (non-hydrogen) atoms. The molecular weight excluding hydrogens is 418 g/mol. The lowest BCUT2D eigenvalue weighted by Gasteiger charge is -2.27. The van der Waals surface area contributed by atoms with Crippen LogP contribution in [0.3, 0.4) is 0 Å². The van der Waals surface area contributed by atoms with Gasteiger partial charge in [-0.15, -0.1) is 0 Å². The number of carbonyl (C=O) groups is 1. The number of nitrogens with zero attached hydrogens (tertiary/aromatic N) is 1. The van der Waals surface area contributed by atoms with Crippen molar-refractivity contribution in [3.8, 4) is 0 Å². The van der Waals surface area contributed by atoms with E-state index >= 15 is 0 Å². The summed E-state index contributed by atoms with van der Waals surface area (Å²) in [7, 11) is -3.74. The SMILES string of the molecule is NS(=O)(=O)c1ccc(C2(C(=O)N[C@H](CN3CCCC3)c3ccccc3)CC2)cc1.S. The molecule has 1 saturated heterocycles. The molecule has 4 rings (SSSR count). The number of likely N-dealkylation sites (tertiary alicyclic amines) is 1. The predicted octanol–water partition coefficient (Wildman–Crippen LogP) is 2.43. The van der Waals surface area contributed by atoms with Crippen LogP contribution in [-0.4, -0.2) is 38.9 Å². The molecular formula is C22H29N3O3S2. The van der Waals surface area contributed by atoms with Crippen LogP contribution in [0.25, 0.3) is 0 Å². The molecule has 6 nitrogen and oxygen atoms in total. The zero-order valence-corrected chi connectivity index (χ0v) is 18.7. The van der Waals surface area contributed by atoms with E-state index < -0.39 is 15.4 Å². The third-order valence-corrected chi connectivity index (χ3v) is 7.00. The lowest BCUT2D eigenvalue weighted by molar-refractivity contribution is -0.124. The van der Waals surface area contributed by atoms with E-state index in [1.165, 1.54) is 25.0 Å². The maximum absolute atomic E-state index is 13.3. The highest BCUT2D eigenvalue weighted by Crippen LogP contribution is 2.49. The standard InChI is InChI=1S/C22H27N3O3S.H2S/c23-29(27,28)19-10-8-18(9-11-19)22(12-13-22)21(26)24-20(16-25-14-4-5-15-25)17-6-2-1-3-7-17;/h1-3,6-11,20H,4-5,12-16H2,(H,24,26)(H2,23,27,28);1H2/t20-;/m1./s1. The molecule has 1 aliphatic carbocycles. The number of nitrogens with two attached hydrogens (primary N) is 1. The van der Waals surface area contributed by atoms with E-state index in [4.69, 9.17) is 5.14 Å². The van der Waals surface area contributed by atoms with Crippen LogP contribution in [0.4, 0.5) is 0 Å². The zero-order chi connectivity index (χ0) is 20.5. The quantitative estimate of drug-likeness (QED) is 0.682. The van der Waals surface area contributed by atoms with Crippen molar-refractivity contribution in [3.63, 3.8) is 0 Å². The van der Waals surface area contributed by atoms with Crippen molar-refractivity contribution in [3.05, 3.63) is 65.7 Å². The Kier molecular flexibility index (Phi) is 6.91. The number of hydrogen-bond acceptors (Lipinski definition) is 4. The van der Waals surface area contributed by atoms with Gasteiger partial charge in [0, 0.05) is 6.54 Å². The van der Waals surface area contributed by atoms with Gasteiger partial charge in [-0.1, -0.05) is 42.5 Å². The predicted molar refractivity (Wildman–Crippen MR) is 122 cm³/mol. The summed E-state index contributed by atoms with van der Waals surface area (Å²) in [6.45, 7) is 2.94. The highest BCUT2D eigenvalue weighted by molar-refractivity contribution is 7.89. The molecule has 3 N–H and O–H groups in total. The minimum Gasteiger partial charge on any atom is -0.347 e.